The second-order valence-corrected chi connectivity index (χ2v) is 5.41. The third-order valence-corrected chi connectivity index (χ3v) is 3.44. The van der Waals surface area contributed by atoms with Crippen LogP contribution in [0.1, 0.15) is 39.2 Å². The van der Waals surface area contributed by atoms with Crippen LogP contribution in [0.4, 0.5) is 5.69 Å². The molecule has 0 heterocycles. The van der Waals surface area contributed by atoms with E-state index in [2.05, 4.69) is 19.2 Å². The Labute approximate surface area is 121 Å². The number of ether oxygens (including phenoxy) is 1. The molecule has 2 unspecified atom stereocenters. The van der Waals surface area contributed by atoms with Gasteiger partial charge in [0.25, 0.3) is 0 Å². The Kier molecular flexibility index (Phi) is 6.52. The van der Waals surface area contributed by atoms with Gasteiger partial charge in [0.1, 0.15) is 0 Å². The van der Waals surface area contributed by atoms with Gasteiger partial charge in [-0.1, -0.05) is 26.0 Å². The number of benzene rings is 1. The second kappa shape index (κ2) is 7.90. The molecule has 0 radical (unpaired) electrons. The molecule has 4 nitrogen and oxygen atoms in total. The van der Waals surface area contributed by atoms with Gasteiger partial charge in [0.15, 0.2) is 0 Å². The molecule has 0 spiro atoms. The molecule has 0 aliphatic rings. The molecular weight excluding hydrogens is 252 g/mol. The summed E-state index contributed by atoms with van der Waals surface area (Å²) in [5, 5.41) is 3.06. The van der Waals surface area contributed by atoms with E-state index in [9.17, 15) is 4.79 Å². The SMILES string of the molecule is CCOCC(NC(=O)C(C)c1cccc(N)c1)C(C)C. The summed E-state index contributed by atoms with van der Waals surface area (Å²) < 4.78 is 5.43. The van der Waals surface area contributed by atoms with Gasteiger partial charge < -0.3 is 15.8 Å². The van der Waals surface area contributed by atoms with Gasteiger partial charge in [-0.25, -0.2) is 0 Å². The molecule has 3 N–H and O–H groups in total. The Bertz CT molecular complexity index is 432. The van der Waals surface area contributed by atoms with Gasteiger partial charge >= 0.3 is 0 Å². The van der Waals surface area contributed by atoms with Crippen LogP contribution in [0.15, 0.2) is 24.3 Å². The first kappa shape index (κ1) is 16.5. The van der Waals surface area contributed by atoms with E-state index < -0.39 is 0 Å². The molecule has 1 aromatic rings. The van der Waals surface area contributed by atoms with Crippen LogP contribution in [-0.4, -0.2) is 25.2 Å². The molecular formula is C16H26N2O2. The van der Waals surface area contributed by atoms with E-state index in [-0.39, 0.29) is 17.9 Å². The van der Waals surface area contributed by atoms with E-state index in [1.165, 1.54) is 0 Å². The van der Waals surface area contributed by atoms with Crippen molar-refractivity contribution >= 4 is 11.6 Å². The predicted molar refractivity (Wildman–Crippen MR) is 82.5 cm³/mol. The molecule has 0 fully saturated rings. The topological polar surface area (TPSA) is 64.3 Å². The summed E-state index contributed by atoms with van der Waals surface area (Å²) in [6.07, 6.45) is 0. The average molecular weight is 278 g/mol. The minimum Gasteiger partial charge on any atom is -0.399 e. The monoisotopic (exact) mass is 278 g/mol. The van der Waals surface area contributed by atoms with E-state index in [4.69, 9.17) is 10.5 Å². The van der Waals surface area contributed by atoms with Gasteiger partial charge in [-0.2, -0.15) is 0 Å². The third-order valence-electron chi connectivity index (χ3n) is 3.44. The first-order valence-corrected chi connectivity index (χ1v) is 7.19. The molecule has 4 heteroatoms. The van der Waals surface area contributed by atoms with Crippen molar-refractivity contribution in [3.8, 4) is 0 Å². The molecule has 1 aromatic carbocycles. The Morgan fingerprint density at radius 3 is 2.60 bits per heavy atom. The summed E-state index contributed by atoms with van der Waals surface area (Å²) in [7, 11) is 0. The maximum atomic E-state index is 12.3. The van der Waals surface area contributed by atoms with Crippen molar-refractivity contribution in [2.45, 2.75) is 39.7 Å². The highest BCUT2D eigenvalue weighted by atomic mass is 16.5. The molecule has 0 aliphatic carbocycles. The number of rotatable bonds is 7. The first-order valence-electron chi connectivity index (χ1n) is 7.19. The van der Waals surface area contributed by atoms with Crippen LogP contribution in [-0.2, 0) is 9.53 Å². The summed E-state index contributed by atoms with van der Waals surface area (Å²) in [5.41, 5.74) is 7.37. The van der Waals surface area contributed by atoms with Crippen LogP contribution in [0, 0.1) is 5.92 Å². The lowest BCUT2D eigenvalue weighted by Gasteiger charge is -2.24. The van der Waals surface area contributed by atoms with Crippen LogP contribution >= 0.6 is 0 Å². The highest BCUT2D eigenvalue weighted by Crippen LogP contribution is 2.18. The highest BCUT2D eigenvalue weighted by molar-refractivity contribution is 5.83. The van der Waals surface area contributed by atoms with Gasteiger partial charge in [-0.3, -0.25) is 4.79 Å². The maximum Gasteiger partial charge on any atom is 0.227 e. The zero-order valence-corrected chi connectivity index (χ0v) is 12.8. The number of hydrogen-bond donors (Lipinski definition) is 2. The highest BCUT2D eigenvalue weighted by Gasteiger charge is 2.21. The van der Waals surface area contributed by atoms with Crippen molar-refractivity contribution < 1.29 is 9.53 Å². The van der Waals surface area contributed by atoms with E-state index >= 15 is 0 Å². The zero-order valence-electron chi connectivity index (χ0n) is 12.8. The van der Waals surface area contributed by atoms with Crippen molar-refractivity contribution in [3.05, 3.63) is 29.8 Å². The Balaban J connectivity index is 2.68. The summed E-state index contributed by atoms with van der Waals surface area (Å²) in [4.78, 5) is 12.3. The summed E-state index contributed by atoms with van der Waals surface area (Å²) in [6.45, 7) is 9.20. The molecule has 2 atom stereocenters. The lowest BCUT2D eigenvalue weighted by Crippen LogP contribution is -2.43. The van der Waals surface area contributed by atoms with Gasteiger partial charge in [0.2, 0.25) is 5.91 Å². The molecule has 0 saturated heterocycles. The number of carbonyl (C=O) groups is 1. The number of amides is 1. The largest absolute Gasteiger partial charge is 0.399 e. The number of nitrogens with two attached hydrogens (primary N) is 1. The van der Waals surface area contributed by atoms with Crippen molar-refractivity contribution in [3.63, 3.8) is 0 Å². The fraction of sp³-hybridized carbons (Fsp3) is 0.562. The minimum atomic E-state index is -0.221. The Hall–Kier alpha value is -1.55. The molecule has 0 bridgehead atoms. The fourth-order valence-electron chi connectivity index (χ4n) is 1.93. The van der Waals surface area contributed by atoms with Crippen LogP contribution in [0.2, 0.25) is 0 Å². The van der Waals surface area contributed by atoms with E-state index in [1.54, 1.807) is 0 Å². The van der Waals surface area contributed by atoms with E-state index in [1.807, 2.05) is 38.1 Å². The maximum absolute atomic E-state index is 12.3. The van der Waals surface area contributed by atoms with Crippen LogP contribution in [0.5, 0.6) is 0 Å². The van der Waals surface area contributed by atoms with Gasteiger partial charge in [0.05, 0.1) is 18.6 Å². The van der Waals surface area contributed by atoms with E-state index in [0.717, 1.165) is 5.56 Å². The molecule has 0 aliphatic heterocycles. The number of carbonyl (C=O) groups excluding carboxylic acids is 1. The van der Waals surface area contributed by atoms with Crippen molar-refractivity contribution in [2.24, 2.45) is 5.92 Å². The van der Waals surface area contributed by atoms with Gasteiger partial charge in [0, 0.05) is 12.3 Å². The van der Waals surface area contributed by atoms with Crippen molar-refractivity contribution in [1.82, 2.24) is 5.32 Å². The fourth-order valence-corrected chi connectivity index (χ4v) is 1.93. The normalized spacial score (nSPS) is 14.1. The van der Waals surface area contributed by atoms with E-state index in [0.29, 0.717) is 24.8 Å². The summed E-state index contributed by atoms with van der Waals surface area (Å²) in [5.74, 6) is 0.119. The number of hydrogen-bond acceptors (Lipinski definition) is 3. The lowest BCUT2D eigenvalue weighted by atomic mass is 9.98. The van der Waals surface area contributed by atoms with Crippen LogP contribution in [0.3, 0.4) is 0 Å². The predicted octanol–water partition coefficient (Wildman–Crippen LogP) is 2.55. The number of nitrogen functional groups attached to an aromatic ring is 1. The zero-order chi connectivity index (χ0) is 15.1. The second-order valence-electron chi connectivity index (χ2n) is 5.41. The molecule has 1 amide bonds. The van der Waals surface area contributed by atoms with Crippen molar-refractivity contribution in [1.29, 1.82) is 0 Å². The van der Waals surface area contributed by atoms with Gasteiger partial charge in [-0.15, -0.1) is 0 Å². The molecule has 0 saturated carbocycles. The van der Waals surface area contributed by atoms with Crippen molar-refractivity contribution in [2.75, 3.05) is 18.9 Å². The summed E-state index contributed by atoms with van der Waals surface area (Å²) in [6, 6.07) is 7.49. The molecule has 0 aromatic heterocycles. The minimum absolute atomic E-state index is 0.00834. The van der Waals surface area contributed by atoms with Gasteiger partial charge in [-0.05, 0) is 37.5 Å². The van der Waals surface area contributed by atoms with Crippen LogP contribution < -0.4 is 11.1 Å². The third kappa shape index (κ3) is 4.85. The average Bonchev–Trinajstić information content (AvgIpc) is 2.42. The molecule has 20 heavy (non-hydrogen) atoms. The lowest BCUT2D eigenvalue weighted by molar-refractivity contribution is -0.123. The quantitative estimate of drug-likeness (QED) is 0.753. The molecule has 1 rings (SSSR count). The standard InChI is InChI=1S/C16H26N2O2/c1-5-20-10-15(11(2)3)18-16(19)12(4)13-7-6-8-14(17)9-13/h6-9,11-12,15H,5,10,17H2,1-4H3,(H,18,19). The Morgan fingerprint density at radius 1 is 1.35 bits per heavy atom. The Morgan fingerprint density at radius 2 is 2.05 bits per heavy atom. The smallest absolute Gasteiger partial charge is 0.227 e. The summed E-state index contributed by atoms with van der Waals surface area (Å²) >= 11 is 0. The molecule has 112 valence electrons. The number of nitrogens with one attached hydrogen (secondary N) is 1. The van der Waals surface area contributed by atoms with Crippen LogP contribution in [0.25, 0.3) is 0 Å². The number of anilines is 1. The first-order chi connectivity index (χ1) is 9.45.